The van der Waals surface area contributed by atoms with Gasteiger partial charge >= 0.3 is 5.69 Å². The molecule has 1 aromatic heterocycles. The van der Waals surface area contributed by atoms with Crippen LogP contribution >= 0.6 is 0 Å². The first-order chi connectivity index (χ1) is 9.13. The van der Waals surface area contributed by atoms with Gasteiger partial charge in [0.25, 0.3) is 0 Å². The topological polar surface area (TPSA) is 113 Å². The van der Waals surface area contributed by atoms with Crippen LogP contribution in [-0.4, -0.2) is 53.0 Å². The fourth-order valence-corrected chi connectivity index (χ4v) is 2.13. The van der Waals surface area contributed by atoms with Gasteiger partial charge < -0.3 is 15.2 Å². The number of nitrogen functional groups attached to an aromatic ring is 1. The Labute approximate surface area is 110 Å². The van der Waals surface area contributed by atoms with Crippen molar-refractivity contribution in [1.29, 1.82) is 0 Å². The van der Waals surface area contributed by atoms with E-state index in [9.17, 15) is 10.1 Å². The van der Waals surface area contributed by atoms with Crippen molar-refractivity contribution in [2.24, 2.45) is 5.84 Å². The van der Waals surface area contributed by atoms with E-state index in [0.29, 0.717) is 12.4 Å². The van der Waals surface area contributed by atoms with Gasteiger partial charge in [-0.25, -0.2) is 15.8 Å². The number of nitro groups is 1. The maximum absolute atomic E-state index is 11.2. The quantitative estimate of drug-likeness (QED) is 0.440. The maximum atomic E-state index is 11.2. The van der Waals surface area contributed by atoms with Crippen molar-refractivity contribution in [2.75, 3.05) is 43.6 Å². The van der Waals surface area contributed by atoms with E-state index in [1.165, 1.54) is 6.33 Å². The van der Waals surface area contributed by atoms with Crippen LogP contribution in [0.15, 0.2) is 6.33 Å². The molecule has 0 radical (unpaired) electrons. The molecule has 0 saturated carbocycles. The van der Waals surface area contributed by atoms with Crippen molar-refractivity contribution in [3.05, 3.63) is 16.4 Å². The lowest BCUT2D eigenvalue weighted by molar-refractivity contribution is -0.383. The lowest BCUT2D eigenvalue weighted by atomic mass is 10.3. The summed E-state index contributed by atoms with van der Waals surface area (Å²) in [5.41, 5.74) is 2.08. The Balaban J connectivity index is 2.35. The number of hydrogen-bond donors (Lipinski definition) is 2. The molecule has 0 aromatic carbocycles. The highest BCUT2D eigenvalue weighted by atomic mass is 16.6. The number of anilines is 2. The molecule has 0 unspecified atom stereocenters. The first-order valence-corrected chi connectivity index (χ1v) is 6.03. The molecule has 2 rings (SSSR count). The summed E-state index contributed by atoms with van der Waals surface area (Å²) in [5.74, 6) is 5.63. The third kappa shape index (κ3) is 2.88. The SMILES string of the molecule is CN1CCCN(c2ncnc(NN)c2[N+](=O)[O-])CC1. The second-order valence-electron chi connectivity index (χ2n) is 4.44. The average molecular weight is 267 g/mol. The molecular weight excluding hydrogens is 250 g/mol. The lowest BCUT2D eigenvalue weighted by Crippen LogP contribution is -2.30. The van der Waals surface area contributed by atoms with E-state index in [1.54, 1.807) is 0 Å². The summed E-state index contributed by atoms with van der Waals surface area (Å²) in [7, 11) is 2.03. The molecule has 1 fully saturated rings. The summed E-state index contributed by atoms with van der Waals surface area (Å²) in [4.78, 5) is 22.6. The molecular formula is C10H17N7O2. The van der Waals surface area contributed by atoms with Gasteiger partial charge in [0.2, 0.25) is 11.6 Å². The summed E-state index contributed by atoms with van der Waals surface area (Å²) in [6.45, 7) is 3.23. The van der Waals surface area contributed by atoms with Crippen molar-refractivity contribution in [3.63, 3.8) is 0 Å². The predicted octanol–water partition coefficient (Wildman–Crippen LogP) is -0.188. The number of aromatic nitrogens is 2. The van der Waals surface area contributed by atoms with Crippen molar-refractivity contribution < 1.29 is 4.92 Å². The van der Waals surface area contributed by atoms with E-state index in [-0.39, 0.29) is 11.5 Å². The summed E-state index contributed by atoms with van der Waals surface area (Å²) in [6, 6.07) is 0. The monoisotopic (exact) mass is 267 g/mol. The third-order valence-electron chi connectivity index (χ3n) is 3.14. The van der Waals surface area contributed by atoms with Crippen LogP contribution in [0.5, 0.6) is 0 Å². The van der Waals surface area contributed by atoms with Gasteiger partial charge in [-0.3, -0.25) is 10.1 Å². The van der Waals surface area contributed by atoms with Gasteiger partial charge in [0.1, 0.15) is 6.33 Å². The predicted molar refractivity (Wildman–Crippen MR) is 70.8 cm³/mol. The van der Waals surface area contributed by atoms with Gasteiger partial charge in [0.05, 0.1) is 4.92 Å². The second-order valence-corrected chi connectivity index (χ2v) is 4.44. The second kappa shape index (κ2) is 5.76. The summed E-state index contributed by atoms with van der Waals surface area (Å²) in [5, 5.41) is 11.2. The normalized spacial score (nSPS) is 17.1. The first-order valence-electron chi connectivity index (χ1n) is 6.03. The van der Waals surface area contributed by atoms with Crippen LogP contribution in [0.25, 0.3) is 0 Å². The van der Waals surface area contributed by atoms with Crippen LogP contribution in [0.2, 0.25) is 0 Å². The molecule has 1 aliphatic heterocycles. The van der Waals surface area contributed by atoms with Gasteiger partial charge in [-0.15, -0.1) is 0 Å². The molecule has 19 heavy (non-hydrogen) atoms. The number of likely N-dealkylation sites (N-methyl/N-ethyl adjacent to an activating group) is 1. The van der Waals surface area contributed by atoms with Crippen molar-refractivity contribution in [1.82, 2.24) is 14.9 Å². The number of hydrogen-bond acceptors (Lipinski definition) is 8. The van der Waals surface area contributed by atoms with E-state index < -0.39 is 4.92 Å². The number of nitrogens with two attached hydrogens (primary N) is 1. The molecule has 0 bridgehead atoms. The Hall–Kier alpha value is -2.00. The Morgan fingerprint density at radius 2 is 2.16 bits per heavy atom. The van der Waals surface area contributed by atoms with Crippen LogP contribution in [-0.2, 0) is 0 Å². The molecule has 9 nitrogen and oxygen atoms in total. The zero-order valence-corrected chi connectivity index (χ0v) is 10.7. The Morgan fingerprint density at radius 3 is 2.84 bits per heavy atom. The van der Waals surface area contributed by atoms with Gasteiger partial charge in [-0.05, 0) is 20.0 Å². The number of hydrazine groups is 1. The molecule has 104 valence electrons. The van der Waals surface area contributed by atoms with Crippen molar-refractivity contribution >= 4 is 17.3 Å². The minimum absolute atomic E-state index is 0.0348. The van der Waals surface area contributed by atoms with Crippen LogP contribution in [0.1, 0.15) is 6.42 Å². The van der Waals surface area contributed by atoms with E-state index in [2.05, 4.69) is 20.3 Å². The van der Waals surface area contributed by atoms with Crippen LogP contribution in [0, 0.1) is 10.1 Å². The van der Waals surface area contributed by atoms with Gasteiger partial charge in [0.15, 0.2) is 0 Å². The molecule has 3 N–H and O–H groups in total. The van der Waals surface area contributed by atoms with Gasteiger partial charge in [-0.2, -0.15) is 0 Å². The molecule has 1 aromatic rings. The highest BCUT2D eigenvalue weighted by molar-refractivity contribution is 5.69. The lowest BCUT2D eigenvalue weighted by Gasteiger charge is -2.21. The minimum Gasteiger partial charge on any atom is -0.349 e. The minimum atomic E-state index is -0.501. The molecule has 1 aliphatic rings. The molecule has 0 aliphatic carbocycles. The Bertz CT molecular complexity index is 467. The number of rotatable bonds is 3. The average Bonchev–Trinajstić information content (AvgIpc) is 2.62. The molecule has 0 atom stereocenters. The van der Waals surface area contributed by atoms with Gasteiger partial charge in [0, 0.05) is 19.6 Å². The van der Waals surface area contributed by atoms with Crippen molar-refractivity contribution in [2.45, 2.75) is 6.42 Å². The van der Waals surface area contributed by atoms with E-state index in [4.69, 9.17) is 5.84 Å². The molecule has 0 spiro atoms. The van der Waals surface area contributed by atoms with Crippen LogP contribution in [0.3, 0.4) is 0 Å². The van der Waals surface area contributed by atoms with E-state index in [1.807, 2.05) is 11.9 Å². The van der Waals surface area contributed by atoms with Crippen molar-refractivity contribution in [3.8, 4) is 0 Å². The number of nitrogens with zero attached hydrogens (tertiary/aromatic N) is 5. The van der Waals surface area contributed by atoms with Gasteiger partial charge in [-0.1, -0.05) is 0 Å². The fourth-order valence-electron chi connectivity index (χ4n) is 2.13. The summed E-state index contributed by atoms with van der Waals surface area (Å²) in [6.07, 6.45) is 2.22. The molecule has 0 amide bonds. The molecule has 9 heteroatoms. The summed E-state index contributed by atoms with van der Waals surface area (Å²) >= 11 is 0. The molecule has 2 heterocycles. The van der Waals surface area contributed by atoms with Crippen LogP contribution < -0.4 is 16.2 Å². The summed E-state index contributed by atoms with van der Waals surface area (Å²) < 4.78 is 0. The highest BCUT2D eigenvalue weighted by Gasteiger charge is 2.27. The zero-order valence-electron chi connectivity index (χ0n) is 10.7. The van der Waals surface area contributed by atoms with E-state index >= 15 is 0 Å². The Kier molecular flexibility index (Phi) is 4.07. The smallest absolute Gasteiger partial charge is 0.349 e. The maximum Gasteiger partial charge on any atom is 0.354 e. The van der Waals surface area contributed by atoms with E-state index in [0.717, 1.165) is 26.1 Å². The van der Waals surface area contributed by atoms with Crippen LogP contribution in [0.4, 0.5) is 17.3 Å². The fraction of sp³-hybridized carbons (Fsp3) is 0.600. The first kappa shape index (κ1) is 13.4. The largest absolute Gasteiger partial charge is 0.354 e. The zero-order chi connectivity index (χ0) is 13.8. The molecule has 1 saturated heterocycles. The number of nitrogens with one attached hydrogen (secondary N) is 1. The highest BCUT2D eigenvalue weighted by Crippen LogP contribution is 2.31. The Morgan fingerprint density at radius 1 is 1.37 bits per heavy atom. The standard InChI is InChI=1S/C10H17N7O2/c1-15-3-2-4-16(6-5-15)10-8(17(18)19)9(14-11)12-7-13-10/h7H,2-6,11H2,1H3,(H,12,13,14). The third-order valence-corrected chi connectivity index (χ3v) is 3.14.